The highest BCUT2D eigenvalue weighted by molar-refractivity contribution is 5.85. The van der Waals surface area contributed by atoms with Crippen molar-refractivity contribution in [3.63, 3.8) is 0 Å². The number of nitrogens with two attached hydrogens (primary N) is 1. The first-order valence-electron chi connectivity index (χ1n) is 6.90. The highest BCUT2D eigenvalue weighted by Crippen LogP contribution is 2.26. The molecule has 0 aromatic heterocycles. The summed E-state index contributed by atoms with van der Waals surface area (Å²) < 4.78 is 0. The summed E-state index contributed by atoms with van der Waals surface area (Å²) in [5.41, 5.74) is 5.01. The average molecular weight is 272 g/mol. The number of aliphatic carboxylic acids is 1. The minimum absolute atomic E-state index is 0.0958. The maximum Gasteiger partial charge on any atom is 0.303 e. The molecule has 0 rings (SSSR count). The van der Waals surface area contributed by atoms with Crippen molar-refractivity contribution in [1.29, 1.82) is 0 Å². The molecule has 0 aromatic rings. The number of carboxylic acid groups (broad SMARTS) is 1. The molecule has 0 heterocycles. The van der Waals surface area contributed by atoms with Gasteiger partial charge in [0, 0.05) is 13.0 Å². The van der Waals surface area contributed by atoms with E-state index < -0.39 is 11.5 Å². The van der Waals surface area contributed by atoms with Gasteiger partial charge in [0.1, 0.15) is 0 Å². The van der Waals surface area contributed by atoms with Crippen LogP contribution in [-0.2, 0) is 9.59 Å². The summed E-state index contributed by atoms with van der Waals surface area (Å²) in [6, 6.07) is 0. The van der Waals surface area contributed by atoms with Crippen LogP contribution in [0.2, 0.25) is 0 Å². The summed E-state index contributed by atoms with van der Waals surface area (Å²) in [5, 5.41) is 11.5. The molecule has 0 aliphatic carbocycles. The van der Waals surface area contributed by atoms with E-state index in [1.807, 2.05) is 20.8 Å². The molecule has 1 amide bonds. The first-order chi connectivity index (χ1) is 8.60. The van der Waals surface area contributed by atoms with E-state index in [1.54, 1.807) is 6.92 Å². The highest BCUT2D eigenvalue weighted by Gasteiger charge is 2.27. The molecule has 1 atom stereocenters. The monoisotopic (exact) mass is 272 g/mol. The Morgan fingerprint density at radius 1 is 1.16 bits per heavy atom. The Bertz CT molecular complexity index is 312. The van der Waals surface area contributed by atoms with Gasteiger partial charge in [0.15, 0.2) is 0 Å². The Kier molecular flexibility index (Phi) is 7.05. The molecule has 0 fully saturated rings. The number of carbonyl (C=O) groups excluding carboxylic acids is 1. The van der Waals surface area contributed by atoms with Crippen LogP contribution in [0, 0.1) is 5.41 Å². The quantitative estimate of drug-likeness (QED) is 0.597. The largest absolute Gasteiger partial charge is 0.481 e. The predicted octanol–water partition coefficient (Wildman–Crippen LogP) is 1.90. The number of hydrogen-bond donors (Lipinski definition) is 3. The summed E-state index contributed by atoms with van der Waals surface area (Å²) in [6.07, 6.45) is 3.03. The van der Waals surface area contributed by atoms with E-state index in [-0.39, 0.29) is 17.7 Å². The molecule has 0 aromatic carbocycles. The Labute approximate surface area is 115 Å². The lowest BCUT2D eigenvalue weighted by Crippen LogP contribution is -2.51. The normalized spacial score (nSPS) is 14.8. The third kappa shape index (κ3) is 7.82. The van der Waals surface area contributed by atoms with Crippen LogP contribution < -0.4 is 11.1 Å². The Morgan fingerprint density at radius 2 is 1.74 bits per heavy atom. The number of nitrogens with one attached hydrogen (secondary N) is 1. The number of hydrogen-bond acceptors (Lipinski definition) is 3. The number of rotatable bonds is 9. The molecule has 0 aliphatic heterocycles. The van der Waals surface area contributed by atoms with Gasteiger partial charge in [0.2, 0.25) is 5.91 Å². The highest BCUT2D eigenvalue weighted by atomic mass is 16.4. The van der Waals surface area contributed by atoms with E-state index in [0.717, 1.165) is 12.8 Å². The molecule has 0 spiro atoms. The zero-order valence-corrected chi connectivity index (χ0v) is 12.6. The van der Waals surface area contributed by atoms with Gasteiger partial charge in [0.05, 0.1) is 5.54 Å². The smallest absolute Gasteiger partial charge is 0.303 e. The van der Waals surface area contributed by atoms with Crippen LogP contribution in [0.4, 0.5) is 0 Å². The summed E-state index contributed by atoms with van der Waals surface area (Å²) in [4.78, 5) is 22.4. The van der Waals surface area contributed by atoms with Crippen molar-refractivity contribution < 1.29 is 14.7 Å². The van der Waals surface area contributed by atoms with Gasteiger partial charge in [-0.15, -0.1) is 0 Å². The van der Waals surface area contributed by atoms with Crippen molar-refractivity contribution in [2.45, 2.75) is 65.3 Å². The van der Waals surface area contributed by atoms with Crippen LogP contribution in [0.5, 0.6) is 0 Å². The van der Waals surface area contributed by atoms with Crippen molar-refractivity contribution in [1.82, 2.24) is 5.32 Å². The van der Waals surface area contributed by atoms with Gasteiger partial charge in [-0.1, -0.05) is 27.2 Å². The Morgan fingerprint density at radius 3 is 2.21 bits per heavy atom. The second-order valence-corrected chi connectivity index (χ2v) is 6.23. The zero-order chi connectivity index (χ0) is 15.1. The van der Waals surface area contributed by atoms with Crippen LogP contribution in [0.15, 0.2) is 0 Å². The van der Waals surface area contributed by atoms with Crippen molar-refractivity contribution >= 4 is 11.9 Å². The molecule has 0 saturated carbocycles. The minimum Gasteiger partial charge on any atom is -0.481 e. The van der Waals surface area contributed by atoms with E-state index >= 15 is 0 Å². The maximum atomic E-state index is 11.9. The first kappa shape index (κ1) is 17.9. The fourth-order valence-corrected chi connectivity index (χ4v) is 1.92. The molecule has 112 valence electrons. The van der Waals surface area contributed by atoms with Crippen LogP contribution in [0.25, 0.3) is 0 Å². The van der Waals surface area contributed by atoms with Gasteiger partial charge >= 0.3 is 5.97 Å². The van der Waals surface area contributed by atoms with Crippen molar-refractivity contribution in [2.75, 3.05) is 6.54 Å². The van der Waals surface area contributed by atoms with E-state index in [0.29, 0.717) is 19.4 Å². The fraction of sp³-hybridized carbons (Fsp3) is 0.857. The molecule has 0 saturated heterocycles. The SMILES string of the molecule is CCCC(C)(N)C(=O)NCCC(C)(C)CCC(=O)O. The maximum absolute atomic E-state index is 11.9. The zero-order valence-electron chi connectivity index (χ0n) is 12.6. The van der Waals surface area contributed by atoms with Gasteiger partial charge in [-0.25, -0.2) is 0 Å². The van der Waals surface area contributed by atoms with Gasteiger partial charge in [-0.05, 0) is 31.6 Å². The van der Waals surface area contributed by atoms with E-state index in [1.165, 1.54) is 0 Å². The van der Waals surface area contributed by atoms with Gasteiger partial charge in [-0.2, -0.15) is 0 Å². The molecule has 0 aliphatic rings. The molecule has 5 nitrogen and oxygen atoms in total. The lowest BCUT2D eigenvalue weighted by atomic mass is 9.84. The lowest BCUT2D eigenvalue weighted by molar-refractivity contribution is -0.137. The second-order valence-electron chi connectivity index (χ2n) is 6.23. The average Bonchev–Trinajstić information content (AvgIpc) is 2.26. The van der Waals surface area contributed by atoms with Crippen LogP contribution in [0.3, 0.4) is 0 Å². The van der Waals surface area contributed by atoms with E-state index in [2.05, 4.69) is 5.32 Å². The fourth-order valence-electron chi connectivity index (χ4n) is 1.92. The van der Waals surface area contributed by atoms with Gasteiger partial charge in [0.25, 0.3) is 0 Å². The Balaban J connectivity index is 4.08. The summed E-state index contributed by atoms with van der Waals surface area (Å²) in [7, 11) is 0. The topological polar surface area (TPSA) is 92.4 Å². The predicted molar refractivity (Wildman–Crippen MR) is 75.8 cm³/mol. The standard InChI is InChI=1S/C14H28N2O3/c1-5-7-14(4,15)12(19)16-10-9-13(2,3)8-6-11(17)18/h5-10,15H2,1-4H3,(H,16,19)(H,17,18). The van der Waals surface area contributed by atoms with Crippen LogP contribution in [0.1, 0.15) is 59.8 Å². The number of amides is 1. The van der Waals surface area contributed by atoms with Crippen LogP contribution >= 0.6 is 0 Å². The molecule has 19 heavy (non-hydrogen) atoms. The molecule has 4 N–H and O–H groups in total. The molecular weight excluding hydrogens is 244 g/mol. The van der Waals surface area contributed by atoms with Crippen molar-refractivity contribution in [3.8, 4) is 0 Å². The van der Waals surface area contributed by atoms with E-state index in [4.69, 9.17) is 10.8 Å². The van der Waals surface area contributed by atoms with Crippen molar-refractivity contribution in [3.05, 3.63) is 0 Å². The number of carbonyl (C=O) groups is 2. The Hall–Kier alpha value is -1.10. The summed E-state index contributed by atoms with van der Waals surface area (Å²) >= 11 is 0. The van der Waals surface area contributed by atoms with Gasteiger partial charge < -0.3 is 16.2 Å². The molecule has 1 unspecified atom stereocenters. The van der Waals surface area contributed by atoms with E-state index in [9.17, 15) is 9.59 Å². The third-order valence-corrected chi connectivity index (χ3v) is 3.39. The summed E-state index contributed by atoms with van der Waals surface area (Å²) in [5.74, 6) is -0.919. The molecular formula is C14H28N2O3. The second kappa shape index (κ2) is 7.48. The van der Waals surface area contributed by atoms with Crippen molar-refractivity contribution in [2.24, 2.45) is 11.1 Å². The molecule has 0 bridgehead atoms. The molecule has 5 heteroatoms. The molecule has 0 radical (unpaired) electrons. The van der Waals surface area contributed by atoms with Gasteiger partial charge in [-0.3, -0.25) is 9.59 Å². The number of carboxylic acids is 1. The van der Waals surface area contributed by atoms with Crippen LogP contribution in [-0.4, -0.2) is 29.1 Å². The third-order valence-electron chi connectivity index (χ3n) is 3.39. The lowest BCUT2D eigenvalue weighted by Gasteiger charge is -2.26. The minimum atomic E-state index is -0.819. The summed E-state index contributed by atoms with van der Waals surface area (Å²) in [6.45, 7) is 8.28. The first-order valence-corrected chi connectivity index (χ1v) is 6.90.